The third-order valence-corrected chi connectivity index (χ3v) is 10.2. The van der Waals surface area contributed by atoms with E-state index in [-0.39, 0.29) is 12.2 Å². The molecule has 11 N–H and O–H groups in total. The Morgan fingerprint density at radius 1 is 0.600 bits per heavy atom. The van der Waals surface area contributed by atoms with Gasteiger partial charge in [0, 0.05) is 18.6 Å². The fraction of sp³-hybridized carbons (Fsp3) is 0.657. The van der Waals surface area contributed by atoms with Crippen LogP contribution >= 0.6 is 0 Å². The number of phenols is 1. The lowest BCUT2D eigenvalue weighted by atomic mass is 9.93. The number of hydrogen-bond acceptors (Lipinski definition) is 20. The Bertz CT molecular complexity index is 1540. The van der Waals surface area contributed by atoms with Gasteiger partial charge in [0.1, 0.15) is 102 Å². The Morgan fingerprint density at radius 3 is 1.62 bits per heavy atom. The smallest absolute Gasteiger partial charge is 0.187 e. The number of aliphatic hydroxyl groups excluding tert-OH is 10. The van der Waals surface area contributed by atoms with Crippen molar-refractivity contribution in [1.82, 2.24) is 0 Å². The number of ether oxygens (including phenoxy) is 9. The number of phenolic OH excluding ortho intramolecular Hbond substituents is 1. The first kappa shape index (κ1) is 41.6. The Balaban J connectivity index is 1.17. The Kier molecular flexibility index (Phi) is 13.4. The molecular formula is C35H48O20. The van der Waals surface area contributed by atoms with Crippen molar-refractivity contribution >= 4 is 0 Å². The Hall–Kier alpha value is -3.00. The van der Waals surface area contributed by atoms with Gasteiger partial charge in [0.25, 0.3) is 0 Å². The van der Waals surface area contributed by atoms with E-state index in [2.05, 4.69) is 0 Å². The molecule has 20 heteroatoms. The van der Waals surface area contributed by atoms with Gasteiger partial charge in [-0.25, -0.2) is 0 Å². The topological polar surface area (TPSA) is 306 Å². The summed E-state index contributed by atoms with van der Waals surface area (Å²) in [7, 11) is 2.90. The van der Waals surface area contributed by atoms with Gasteiger partial charge in [-0.05, 0) is 17.7 Å². The van der Waals surface area contributed by atoms with Gasteiger partial charge in [0.2, 0.25) is 0 Å². The number of aromatic hydroxyl groups is 1. The average Bonchev–Trinajstić information content (AvgIpc) is 3.19. The molecule has 0 bridgehead atoms. The first-order valence-electron chi connectivity index (χ1n) is 17.6. The fourth-order valence-corrected chi connectivity index (χ4v) is 7.13. The highest BCUT2D eigenvalue weighted by Gasteiger charge is 2.54. The molecule has 4 heterocycles. The predicted molar refractivity (Wildman–Crippen MR) is 178 cm³/mol. The van der Waals surface area contributed by atoms with E-state index in [0.717, 1.165) is 0 Å². The summed E-state index contributed by atoms with van der Waals surface area (Å²) in [5.41, 5.74) is 1.12. The third kappa shape index (κ3) is 8.36. The fourth-order valence-electron chi connectivity index (χ4n) is 7.13. The van der Waals surface area contributed by atoms with Gasteiger partial charge < -0.3 is 98.8 Å². The van der Waals surface area contributed by atoms with E-state index in [1.165, 1.54) is 26.4 Å². The van der Waals surface area contributed by atoms with Crippen LogP contribution in [0.5, 0.6) is 23.0 Å². The minimum atomic E-state index is -1.98. The number of methoxy groups -OCH3 is 2. The van der Waals surface area contributed by atoms with Crippen molar-refractivity contribution in [2.75, 3.05) is 34.0 Å². The maximum Gasteiger partial charge on any atom is 0.187 e. The van der Waals surface area contributed by atoms with Crippen molar-refractivity contribution in [3.8, 4) is 23.0 Å². The molecule has 308 valence electrons. The molecule has 0 spiro atoms. The van der Waals surface area contributed by atoms with Gasteiger partial charge >= 0.3 is 0 Å². The second-order valence-corrected chi connectivity index (χ2v) is 13.6. The molecule has 2 unspecified atom stereocenters. The normalized spacial score (nSPS) is 40.5. The lowest BCUT2D eigenvalue weighted by Gasteiger charge is -2.48. The zero-order valence-electron chi connectivity index (χ0n) is 29.7. The zero-order valence-corrected chi connectivity index (χ0v) is 29.7. The lowest BCUT2D eigenvalue weighted by Crippen LogP contribution is -2.66. The van der Waals surface area contributed by atoms with Gasteiger partial charge in [0.05, 0.1) is 45.7 Å². The van der Waals surface area contributed by atoms with Crippen LogP contribution in [0.1, 0.15) is 29.8 Å². The van der Waals surface area contributed by atoms with Crippen LogP contribution in [0.4, 0.5) is 0 Å². The van der Waals surface area contributed by atoms with E-state index in [0.29, 0.717) is 28.4 Å². The van der Waals surface area contributed by atoms with Gasteiger partial charge in [-0.15, -0.1) is 0 Å². The molecule has 2 aromatic rings. The summed E-state index contributed by atoms with van der Waals surface area (Å²) in [4.78, 5) is 0. The van der Waals surface area contributed by atoms with Gasteiger partial charge in [-0.1, -0.05) is 12.1 Å². The van der Waals surface area contributed by atoms with Crippen molar-refractivity contribution in [2.45, 2.75) is 111 Å². The number of hydrogen-bond donors (Lipinski definition) is 11. The minimum absolute atomic E-state index is 0.0457. The molecule has 0 aliphatic carbocycles. The van der Waals surface area contributed by atoms with Crippen LogP contribution in [-0.2, 0) is 28.4 Å². The summed E-state index contributed by atoms with van der Waals surface area (Å²) < 4.78 is 51.9. The van der Waals surface area contributed by atoms with E-state index in [4.69, 9.17) is 42.6 Å². The standard InChI is InChI=1S/C35H48O20/c1-47-15-7-17(48-2)23-18(8-15)49-16(13-3-5-14(39)6-4-13)9-19(23)50-33-29(45)26(42)31(21(11-37)52-33)55-35-30(46)27(43)32(22(12-38)53-35)54-34-28(44)25(41)24(40)20(10-36)51-34/h3-8,16,19-22,24-46H,9-12H2,1-2H3/t16?,19?,20-,21-,22-,24+,25+,26-,27-,28-,29-,30-,31-,32-,33-,34+,35+/m1/s1. The molecule has 20 nitrogen and oxygen atoms in total. The van der Waals surface area contributed by atoms with E-state index in [1.54, 1.807) is 24.3 Å². The molecule has 17 atom stereocenters. The number of aliphatic hydroxyl groups is 10. The summed E-state index contributed by atoms with van der Waals surface area (Å²) >= 11 is 0. The zero-order chi connectivity index (χ0) is 39.7. The van der Waals surface area contributed by atoms with Crippen molar-refractivity contribution < 1.29 is 98.8 Å². The SMILES string of the molecule is COc1cc(OC)c2c(c1)OC(c1ccc(O)cc1)CC2O[C@@H]1O[C@H](CO)[C@@H](O[C@@H]2O[C@H](CO)[C@@H](O[C@@H]3O[C@H](CO)[C@H](O)[C@H](O)[C@H]3O)[C@H](O)[C@H]2O)[C@H](O)[C@H]1O. The quantitative estimate of drug-likeness (QED) is 0.0992. The van der Waals surface area contributed by atoms with Crippen LogP contribution < -0.4 is 14.2 Å². The summed E-state index contributed by atoms with van der Waals surface area (Å²) in [6, 6.07) is 9.56. The third-order valence-electron chi connectivity index (χ3n) is 10.2. The molecule has 0 amide bonds. The summed E-state index contributed by atoms with van der Waals surface area (Å²) in [6.45, 7) is -2.42. The molecule has 4 aliphatic rings. The highest BCUT2D eigenvalue weighted by molar-refractivity contribution is 5.53. The molecule has 0 aromatic heterocycles. The number of fused-ring (bicyclic) bond motifs is 1. The largest absolute Gasteiger partial charge is 0.508 e. The molecule has 0 saturated carbocycles. The van der Waals surface area contributed by atoms with Crippen LogP contribution in [0.15, 0.2) is 36.4 Å². The van der Waals surface area contributed by atoms with Crippen molar-refractivity contribution in [2.24, 2.45) is 0 Å². The Morgan fingerprint density at radius 2 is 1.11 bits per heavy atom. The van der Waals surface area contributed by atoms with Crippen LogP contribution in [0.3, 0.4) is 0 Å². The maximum atomic E-state index is 11.3. The van der Waals surface area contributed by atoms with Crippen molar-refractivity contribution in [1.29, 1.82) is 0 Å². The van der Waals surface area contributed by atoms with Gasteiger partial charge in [0.15, 0.2) is 18.9 Å². The van der Waals surface area contributed by atoms with Crippen LogP contribution in [0.2, 0.25) is 0 Å². The first-order chi connectivity index (χ1) is 26.3. The van der Waals surface area contributed by atoms with Crippen LogP contribution in [0, 0.1) is 0 Å². The minimum Gasteiger partial charge on any atom is -0.508 e. The second-order valence-electron chi connectivity index (χ2n) is 13.6. The van der Waals surface area contributed by atoms with E-state index < -0.39 is 124 Å². The maximum absolute atomic E-state index is 11.3. The van der Waals surface area contributed by atoms with E-state index in [9.17, 15) is 56.2 Å². The average molecular weight is 789 g/mol. The number of benzene rings is 2. The van der Waals surface area contributed by atoms with E-state index >= 15 is 0 Å². The Labute approximate surface area is 314 Å². The summed E-state index contributed by atoms with van der Waals surface area (Å²) in [5.74, 6) is 1.11. The molecular weight excluding hydrogens is 740 g/mol. The summed E-state index contributed by atoms with van der Waals surface area (Å²) in [5, 5.41) is 115. The van der Waals surface area contributed by atoms with Gasteiger partial charge in [-0.3, -0.25) is 0 Å². The molecule has 4 aliphatic heterocycles. The lowest BCUT2D eigenvalue weighted by molar-refractivity contribution is -0.381. The van der Waals surface area contributed by atoms with E-state index in [1.807, 2.05) is 0 Å². The molecule has 55 heavy (non-hydrogen) atoms. The van der Waals surface area contributed by atoms with Crippen molar-refractivity contribution in [3.63, 3.8) is 0 Å². The molecule has 3 fully saturated rings. The molecule has 3 saturated heterocycles. The molecule has 0 radical (unpaired) electrons. The highest BCUT2D eigenvalue weighted by Crippen LogP contribution is 2.50. The first-order valence-corrected chi connectivity index (χ1v) is 17.6. The molecule has 6 rings (SSSR count). The number of rotatable bonds is 12. The monoisotopic (exact) mass is 788 g/mol. The van der Waals surface area contributed by atoms with Gasteiger partial charge in [-0.2, -0.15) is 0 Å². The highest BCUT2D eigenvalue weighted by atomic mass is 16.8. The predicted octanol–water partition coefficient (Wildman–Crippen LogP) is -3.56. The van der Waals surface area contributed by atoms with Crippen molar-refractivity contribution in [3.05, 3.63) is 47.5 Å². The van der Waals surface area contributed by atoms with Crippen LogP contribution in [0.25, 0.3) is 0 Å². The van der Waals surface area contributed by atoms with Crippen LogP contribution in [-0.4, -0.2) is 182 Å². The summed E-state index contributed by atoms with van der Waals surface area (Å²) in [6.07, 6.45) is -27.0. The second kappa shape index (κ2) is 17.6. The molecule has 2 aromatic carbocycles.